The highest BCUT2D eigenvalue weighted by Gasteiger charge is 2.04. The van der Waals surface area contributed by atoms with Crippen molar-refractivity contribution in [3.63, 3.8) is 0 Å². The summed E-state index contributed by atoms with van der Waals surface area (Å²) in [5.74, 6) is 0.252. The molecule has 18 heavy (non-hydrogen) atoms. The lowest BCUT2D eigenvalue weighted by atomic mass is 10.2. The molecule has 0 amide bonds. The van der Waals surface area contributed by atoms with Gasteiger partial charge in [0.05, 0.1) is 7.11 Å². The SMILES string of the molecule is COc1ccc(CSc2ccc(F)cc2)cc1F. The fourth-order valence-electron chi connectivity index (χ4n) is 1.50. The molecule has 94 valence electrons. The van der Waals surface area contributed by atoms with Crippen LogP contribution in [-0.4, -0.2) is 7.11 Å². The molecule has 4 heteroatoms. The van der Waals surface area contributed by atoms with Crippen LogP contribution < -0.4 is 4.74 Å². The smallest absolute Gasteiger partial charge is 0.165 e. The highest BCUT2D eigenvalue weighted by Crippen LogP contribution is 2.25. The second kappa shape index (κ2) is 5.87. The molecule has 0 aromatic heterocycles. The van der Waals surface area contributed by atoms with Crippen molar-refractivity contribution in [3.05, 3.63) is 59.7 Å². The highest BCUT2D eigenvalue weighted by molar-refractivity contribution is 7.98. The van der Waals surface area contributed by atoms with Crippen LogP contribution in [0.4, 0.5) is 8.78 Å². The summed E-state index contributed by atoms with van der Waals surface area (Å²) in [5, 5.41) is 0. The number of hydrogen-bond donors (Lipinski definition) is 0. The van der Waals surface area contributed by atoms with Crippen LogP contribution in [0.25, 0.3) is 0 Å². The average Bonchev–Trinajstić information content (AvgIpc) is 2.38. The lowest BCUT2D eigenvalue weighted by Crippen LogP contribution is -1.90. The first-order chi connectivity index (χ1) is 8.69. The second-order valence-electron chi connectivity index (χ2n) is 3.71. The van der Waals surface area contributed by atoms with Gasteiger partial charge in [-0.15, -0.1) is 11.8 Å². The van der Waals surface area contributed by atoms with Crippen molar-refractivity contribution < 1.29 is 13.5 Å². The third-order valence-corrected chi connectivity index (χ3v) is 3.52. The van der Waals surface area contributed by atoms with Gasteiger partial charge in [0.25, 0.3) is 0 Å². The molecule has 0 aliphatic carbocycles. The molecule has 0 heterocycles. The zero-order valence-electron chi connectivity index (χ0n) is 9.82. The van der Waals surface area contributed by atoms with E-state index in [0.29, 0.717) is 5.75 Å². The summed E-state index contributed by atoms with van der Waals surface area (Å²) in [4.78, 5) is 0.952. The fourth-order valence-corrected chi connectivity index (χ4v) is 2.34. The van der Waals surface area contributed by atoms with Crippen molar-refractivity contribution in [1.82, 2.24) is 0 Å². The summed E-state index contributed by atoms with van der Waals surface area (Å²) >= 11 is 1.53. The summed E-state index contributed by atoms with van der Waals surface area (Å²) in [6.07, 6.45) is 0. The Morgan fingerprint density at radius 2 is 1.78 bits per heavy atom. The molecule has 0 N–H and O–H groups in total. The van der Waals surface area contributed by atoms with E-state index in [0.717, 1.165) is 10.5 Å². The molecule has 0 saturated heterocycles. The zero-order valence-corrected chi connectivity index (χ0v) is 10.6. The Labute approximate surface area is 109 Å². The van der Waals surface area contributed by atoms with E-state index in [1.807, 2.05) is 6.07 Å². The molecule has 0 unspecified atom stereocenters. The number of hydrogen-bond acceptors (Lipinski definition) is 2. The molecule has 2 aromatic rings. The minimum Gasteiger partial charge on any atom is -0.494 e. The minimum absolute atomic E-state index is 0.241. The number of benzene rings is 2. The lowest BCUT2D eigenvalue weighted by molar-refractivity contribution is 0.386. The molecule has 1 nitrogen and oxygen atoms in total. The van der Waals surface area contributed by atoms with Gasteiger partial charge in [-0.05, 0) is 42.0 Å². The molecule has 2 aromatic carbocycles. The van der Waals surface area contributed by atoms with E-state index in [9.17, 15) is 8.78 Å². The molecule has 0 radical (unpaired) electrons. The summed E-state index contributed by atoms with van der Waals surface area (Å²) in [6.45, 7) is 0. The van der Waals surface area contributed by atoms with Crippen LogP contribution in [0.2, 0.25) is 0 Å². The Bertz CT molecular complexity index is 526. The van der Waals surface area contributed by atoms with Crippen molar-refractivity contribution in [1.29, 1.82) is 0 Å². The Morgan fingerprint density at radius 3 is 2.39 bits per heavy atom. The van der Waals surface area contributed by atoms with Gasteiger partial charge in [0.2, 0.25) is 0 Å². The monoisotopic (exact) mass is 266 g/mol. The van der Waals surface area contributed by atoms with Gasteiger partial charge in [-0.3, -0.25) is 0 Å². The number of thioether (sulfide) groups is 1. The van der Waals surface area contributed by atoms with Crippen molar-refractivity contribution in [2.45, 2.75) is 10.6 Å². The molecule has 0 aliphatic rings. The normalized spacial score (nSPS) is 10.4. The van der Waals surface area contributed by atoms with Crippen LogP contribution in [-0.2, 0) is 5.75 Å². The van der Waals surface area contributed by atoms with Crippen molar-refractivity contribution in [3.8, 4) is 5.75 Å². The van der Waals surface area contributed by atoms with E-state index >= 15 is 0 Å². The van der Waals surface area contributed by atoms with Gasteiger partial charge in [-0.25, -0.2) is 8.78 Å². The zero-order chi connectivity index (χ0) is 13.0. The maximum absolute atomic E-state index is 13.4. The predicted molar refractivity (Wildman–Crippen MR) is 68.9 cm³/mol. The number of halogens is 2. The maximum atomic E-state index is 13.4. The van der Waals surface area contributed by atoms with Crippen LogP contribution in [0.1, 0.15) is 5.56 Å². The van der Waals surface area contributed by atoms with E-state index in [-0.39, 0.29) is 17.4 Å². The van der Waals surface area contributed by atoms with E-state index in [1.54, 1.807) is 18.2 Å². The van der Waals surface area contributed by atoms with Gasteiger partial charge in [0.1, 0.15) is 5.82 Å². The third-order valence-electron chi connectivity index (χ3n) is 2.44. The van der Waals surface area contributed by atoms with Gasteiger partial charge in [-0.2, -0.15) is 0 Å². The minimum atomic E-state index is -0.366. The van der Waals surface area contributed by atoms with E-state index in [4.69, 9.17) is 4.74 Å². The quantitative estimate of drug-likeness (QED) is 0.764. The highest BCUT2D eigenvalue weighted by atomic mass is 32.2. The fraction of sp³-hybridized carbons (Fsp3) is 0.143. The summed E-state index contributed by atoms with van der Waals surface area (Å²) in [6, 6.07) is 11.1. The third kappa shape index (κ3) is 3.23. The average molecular weight is 266 g/mol. The second-order valence-corrected chi connectivity index (χ2v) is 4.76. The first-order valence-corrected chi connectivity index (χ1v) is 6.38. The molecular weight excluding hydrogens is 254 g/mol. The molecule has 0 saturated carbocycles. The lowest BCUT2D eigenvalue weighted by Gasteiger charge is -2.05. The Balaban J connectivity index is 2.02. The van der Waals surface area contributed by atoms with E-state index in [2.05, 4.69) is 0 Å². The molecule has 0 atom stereocenters. The van der Waals surface area contributed by atoms with Crippen molar-refractivity contribution in [2.24, 2.45) is 0 Å². The molecule has 0 bridgehead atoms. The molecule has 0 fully saturated rings. The molecule has 2 rings (SSSR count). The van der Waals surface area contributed by atoms with Crippen LogP contribution >= 0.6 is 11.8 Å². The summed E-state index contributed by atoms with van der Waals surface area (Å²) < 4.78 is 31.0. The van der Waals surface area contributed by atoms with Gasteiger partial charge < -0.3 is 4.74 Å². The number of methoxy groups -OCH3 is 1. The van der Waals surface area contributed by atoms with Gasteiger partial charge in [-0.1, -0.05) is 6.07 Å². The van der Waals surface area contributed by atoms with Gasteiger partial charge in [0.15, 0.2) is 11.6 Å². The molecule has 0 spiro atoms. The van der Waals surface area contributed by atoms with E-state index in [1.165, 1.54) is 37.1 Å². The first kappa shape index (κ1) is 12.9. The van der Waals surface area contributed by atoms with Crippen molar-refractivity contribution in [2.75, 3.05) is 7.11 Å². The van der Waals surface area contributed by atoms with E-state index < -0.39 is 0 Å². The largest absolute Gasteiger partial charge is 0.494 e. The van der Waals surface area contributed by atoms with Crippen LogP contribution in [0.15, 0.2) is 47.4 Å². The summed E-state index contributed by atoms with van der Waals surface area (Å²) in [7, 11) is 1.44. The topological polar surface area (TPSA) is 9.23 Å². The van der Waals surface area contributed by atoms with Gasteiger partial charge in [0, 0.05) is 10.6 Å². The molecular formula is C14H12F2OS. The maximum Gasteiger partial charge on any atom is 0.165 e. The van der Waals surface area contributed by atoms with Crippen LogP contribution in [0.5, 0.6) is 5.75 Å². The Kier molecular flexibility index (Phi) is 4.20. The van der Waals surface area contributed by atoms with Crippen molar-refractivity contribution >= 4 is 11.8 Å². The summed E-state index contributed by atoms with van der Waals surface area (Å²) in [5.41, 5.74) is 0.864. The van der Waals surface area contributed by atoms with Crippen LogP contribution in [0.3, 0.4) is 0 Å². The number of rotatable bonds is 4. The Hall–Kier alpha value is -1.55. The number of ether oxygens (including phenoxy) is 1. The van der Waals surface area contributed by atoms with Gasteiger partial charge >= 0.3 is 0 Å². The molecule has 0 aliphatic heterocycles. The first-order valence-electron chi connectivity index (χ1n) is 5.40. The Morgan fingerprint density at radius 1 is 1.06 bits per heavy atom. The predicted octanol–water partition coefficient (Wildman–Crippen LogP) is 4.27. The van der Waals surface area contributed by atoms with Crippen LogP contribution in [0, 0.1) is 11.6 Å². The standard InChI is InChI=1S/C14H12F2OS/c1-17-14-7-2-10(8-13(14)16)9-18-12-5-3-11(15)4-6-12/h2-8H,9H2,1H3.